The highest BCUT2D eigenvalue weighted by molar-refractivity contribution is 6.35. The summed E-state index contributed by atoms with van der Waals surface area (Å²) in [5, 5.41) is 13.7. The number of nitrogens with zero attached hydrogens (tertiary/aromatic N) is 8. The molecule has 0 spiro atoms. The van der Waals surface area contributed by atoms with Gasteiger partial charge in [-0.15, -0.1) is 0 Å². The maximum absolute atomic E-state index is 12.8. The van der Waals surface area contributed by atoms with Gasteiger partial charge in [0.25, 0.3) is 0 Å². The number of halogens is 2. The van der Waals surface area contributed by atoms with E-state index in [1.807, 2.05) is 38.1 Å². The predicted molar refractivity (Wildman–Crippen MR) is 188 cm³/mol. The molecule has 0 bridgehead atoms. The molecule has 2 fully saturated rings. The Labute approximate surface area is 294 Å². The molecule has 2 saturated heterocycles. The minimum Gasteiger partial charge on any atom is -0.491 e. The quantitative estimate of drug-likeness (QED) is 0.174. The predicted octanol–water partition coefficient (Wildman–Crippen LogP) is 5.58. The van der Waals surface area contributed by atoms with E-state index in [1.165, 1.54) is 9.48 Å². The monoisotopic (exact) mass is 704 g/mol. The molecule has 0 amide bonds. The zero-order valence-corrected chi connectivity index (χ0v) is 28.9. The highest BCUT2D eigenvalue weighted by atomic mass is 35.5. The highest BCUT2D eigenvalue weighted by Crippen LogP contribution is 2.40. The lowest BCUT2D eigenvalue weighted by Crippen LogP contribution is -2.46. The van der Waals surface area contributed by atoms with Crippen LogP contribution in [0.1, 0.15) is 31.9 Å². The lowest BCUT2D eigenvalue weighted by Gasteiger charge is -2.37. The van der Waals surface area contributed by atoms with Gasteiger partial charge in [-0.1, -0.05) is 36.2 Å². The van der Waals surface area contributed by atoms with E-state index in [2.05, 4.69) is 49.4 Å². The second kappa shape index (κ2) is 14.2. The standard InChI is InChI=1S/C35H38Cl2N8O4/c1-3-25(2)45-34(46)43(24-40-45)29-7-5-27(6-8-29)41-16-18-42(19-17-41)28-9-11-30(12-10-28)47-21-31-22-48-35(49-31,23-44-38-14-15-39-44)32-13-4-26(36)20-33(32)37/h4-15,20,24-25,31H,3,16-19,21-23H2,1-2H3/t25-,31?,35+/m1/s1. The Balaban J connectivity index is 0.925. The van der Waals surface area contributed by atoms with Crippen LogP contribution in [0.3, 0.4) is 0 Å². The van der Waals surface area contributed by atoms with E-state index in [0.29, 0.717) is 28.8 Å². The van der Waals surface area contributed by atoms with Crippen LogP contribution in [0.15, 0.2) is 90.2 Å². The lowest BCUT2D eigenvalue weighted by atomic mass is 10.1. The molecule has 0 radical (unpaired) electrons. The molecule has 0 N–H and O–H groups in total. The summed E-state index contributed by atoms with van der Waals surface area (Å²) in [5.41, 5.74) is 3.63. The van der Waals surface area contributed by atoms with Crippen molar-refractivity contribution in [2.75, 3.05) is 49.2 Å². The van der Waals surface area contributed by atoms with Crippen molar-refractivity contribution in [1.29, 1.82) is 0 Å². The zero-order chi connectivity index (χ0) is 34.0. The Morgan fingerprint density at radius 1 is 0.898 bits per heavy atom. The molecule has 5 aromatic rings. The minimum atomic E-state index is -1.18. The number of hydrogen-bond donors (Lipinski definition) is 0. The molecule has 7 rings (SSSR count). The van der Waals surface area contributed by atoms with Crippen molar-refractivity contribution < 1.29 is 14.2 Å². The van der Waals surface area contributed by atoms with Gasteiger partial charge < -0.3 is 24.0 Å². The second-order valence-electron chi connectivity index (χ2n) is 12.3. The Morgan fingerprint density at radius 3 is 2.16 bits per heavy atom. The van der Waals surface area contributed by atoms with E-state index >= 15 is 0 Å². The smallest absolute Gasteiger partial charge is 0.350 e. The van der Waals surface area contributed by atoms with Crippen LogP contribution in [-0.2, 0) is 21.8 Å². The van der Waals surface area contributed by atoms with Gasteiger partial charge in [0.2, 0.25) is 5.79 Å². The second-order valence-corrected chi connectivity index (χ2v) is 13.1. The topological polar surface area (TPSA) is 105 Å². The summed E-state index contributed by atoms with van der Waals surface area (Å²) >= 11 is 12.7. The molecular weight excluding hydrogens is 667 g/mol. The third kappa shape index (κ3) is 7.04. The first-order valence-corrected chi connectivity index (χ1v) is 17.2. The van der Waals surface area contributed by atoms with E-state index in [0.717, 1.165) is 55.4 Å². The fraction of sp³-hybridized carbons (Fsp3) is 0.371. The maximum Gasteiger partial charge on any atom is 0.350 e. The number of aromatic nitrogens is 6. The number of hydrogen-bond acceptors (Lipinski definition) is 9. The van der Waals surface area contributed by atoms with Gasteiger partial charge in [0.1, 0.15) is 31.3 Å². The molecule has 2 aliphatic heterocycles. The maximum atomic E-state index is 12.8. The number of ether oxygens (including phenoxy) is 3. The number of piperazine rings is 1. The van der Waals surface area contributed by atoms with Gasteiger partial charge in [-0.05, 0) is 74.0 Å². The Kier molecular flexibility index (Phi) is 9.64. The Morgan fingerprint density at radius 2 is 1.53 bits per heavy atom. The van der Waals surface area contributed by atoms with Crippen molar-refractivity contribution in [2.45, 2.75) is 44.7 Å². The first-order chi connectivity index (χ1) is 23.8. The van der Waals surface area contributed by atoms with E-state index in [1.54, 1.807) is 41.5 Å². The van der Waals surface area contributed by atoms with Gasteiger partial charge in [-0.2, -0.15) is 20.1 Å². The van der Waals surface area contributed by atoms with Crippen molar-refractivity contribution in [2.24, 2.45) is 0 Å². The number of rotatable bonds is 11. The molecule has 0 saturated carbocycles. The Bertz CT molecular complexity index is 1910. The van der Waals surface area contributed by atoms with Crippen molar-refractivity contribution in [3.63, 3.8) is 0 Å². The Hall–Kier alpha value is -4.36. The summed E-state index contributed by atoms with van der Waals surface area (Å²) in [5.74, 6) is -0.435. The molecule has 4 heterocycles. The number of benzene rings is 3. The fourth-order valence-corrected chi connectivity index (χ4v) is 6.78. The average Bonchev–Trinajstić information content (AvgIpc) is 3.88. The van der Waals surface area contributed by atoms with Crippen LogP contribution in [0.5, 0.6) is 5.75 Å². The molecule has 49 heavy (non-hydrogen) atoms. The van der Waals surface area contributed by atoms with Crippen LogP contribution >= 0.6 is 23.2 Å². The van der Waals surface area contributed by atoms with Gasteiger partial charge in [-0.25, -0.2) is 14.0 Å². The van der Waals surface area contributed by atoms with Gasteiger partial charge in [0.15, 0.2) is 0 Å². The summed E-state index contributed by atoms with van der Waals surface area (Å²) in [6, 6.07) is 21.6. The first kappa shape index (κ1) is 33.2. The summed E-state index contributed by atoms with van der Waals surface area (Å²) in [7, 11) is 0. The largest absolute Gasteiger partial charge is 0.491 e. The summed E-state index contributed by atoms with van der Waals surface area (Å²) in [4.78, 5) is 19.1. The zero-order valence-electron chi connectivity index (χ0n) is 27.4. The van der Waals surface area contributed by atoms with Crippen LogP contribution in [0.25, 0.3) is 5.69 Å². The van der Waals surface area contributed by atoms with E-state index in [4.69, 9.17) is 37.4 Å². The average molecular weight is 706 g/mol. The summed E-state index contributed by atoms with van der Waals surface area (Å²) in [6.07, 6.45) is 5.31. The third-order valence-corrected chi connectivity index (χ3v) is 9.68. The molecule has 12 nitrogen and oxygen atoms in total. The van der Waals surface area contributed by atoms with Crippen LogP contribution in [0.4, 0.5) is 11.4 Å². The van der Waals surface area contributed by atoms with Gasteiger partial charge in [0, 0.05) is 48.1 Å². The first-order valence-electron chi connectivity index (χ1n) is 16.4. The molecule has 14 heteroatoms. The van der Waals surface area contributed by atoms with Crippen LogP contribution in [0.2, 0.25) is 10.0 Å². The van der Waals surface area contributed by atoms with E-state index < -0.39 is 5.79 Å². The van der Waals surface area contributed by atoms with Crippen molar-refractivity contribution in [3.05, 3.63) is 112 Å². The van der Waals surface area contributed by atoms with Crippen molar-refractivity contribution >= 4 is 34.6 Å². The fourth-order valence-electron chi connectivity index (χ4n) is 6.22. The SMILES string of the molecule is CC[C@@H](C)n1ncn(-c2ccc(N3CCN(c4ccc(OCC5CO[C@](Cn6nccn6)(c6ccc(Cl)cc6Cl)O5)cc4)CC3)cc2)c1=O. The van der Waals surface area contributed by atoms with Crippen LogP contribution in [-0.4, -0.2) is 74.8 Å². The molecular formula is C35H38Cl2N8O4. The number of anilines is 2. The minimum absolute atomic E-state index is 0.0643. The third-order valence-electron chi connectivity index (χ3n) is 9.13. The van der Waals surface area contributed by atoms with Crippen LogP contribution in [0, 0.1) is 0 Å². The van der Waals surface area contributed by atoms with Crippen molar-refractivity contribution in [1.82, 2.24) is 29.3 Å². The highest BCUT2D eigenvalue weighted by Gasteiger charge is 2.46. The van der Waals surface area contributed by atoms with E-state index in [9.17, 15) is 4.79 Å². The molecule has 3 aromatic carbocycles. The molecule has 0 aliphatic carbocycles. The summed E-state index contributed by atoms with van der Waals surface area (Å²) in [6.45, 7) is 8.42. The molecule has 2 aromatic heterocycles. The van der Waals surface area contributed by atoms with Gasteiger partial charge >= 0.3 is 5.69 Å². The van der Waals surface area contributed by atoms with Gasteiger partial charge in [0.05, 0.1) is 35.8 Å². The van der Waals surface area contributed by atoms with Gasteiger partial charge in [-0.3, -0.25) is 0 Å². The molecule has 2 aliphatic rings. The van der Waals surface area contributed by atoms with Crippen molar-refractivity contribution in [3.8, 4) is 11.4 Å². The lowest BCUT2D eigenvalue weighted by molar-refractivity contribution is -0.192. The molecule has 3 atom stereocenters. The summed E-state index contributed by atoms with van der Waals surface area (Å²) < 4.78 is 22.0. The molecule has 1 unspecified atom stereocenters. The normalized spacial score (nSPS) is 20.1. The van der Waals surface area contributed by atoms with Crippen LogP contribution < -0.4 is 20.2 Å². The van der Waals surface area contributed by atoms with E-state index in [-0.39, 0.29) is 24.4 Å². The molecule has 256 valence electrons.